The van der Waals surface area contributed by atoms with Crippen molar-refractivity contribution >= 4 is 46.5 Å². The number of hydrogen-bond donors (Lipinski definition) is 0. The van der Waals surface area contributed by atoms with Crippen molar-refractivity contribution in [3.63, 3.8) is 0 Å². The summed E-state index contributed by atoms with van der Waals surface area (Å²) in [5, 5.41) is 1.17. The third-order valence-corrected chi connectivity index (χ3v) is 8.69. The van der Waals surface area contributed by atoms with E-state index in [9.17, 15) is 0 Å². The zero-order chi connectivity index (χ0) is 28.0. The van der Waals surface area contributed by atoms with Crippen molar-refractivity contribution in [2.24, 2.45) is 30.0 Å². The average molecular weight is 556 g/mol. The summed E-state index contributed by atoms with van der Waals surface area (Å²) in [6, 6.07) is 8.09. The molecule has 0 radical (unpaired) electrons. The molecule has 40 heavy (non-hydrogen) atoms. The summed E-state index contributed by atoms with van der Waals surface area (Å²) in [4.78, 5) is 31.2. The number of amidine groups is 3. The van der Waals surface area contributed by atoms with Crippen LogP contribution in [0.5, 0.6) is 11.5 Å². The van der Waals surface area contributed by atoms with Crippen molar-refractivity contribution in [1.29, 1.82) is 0 Å². The van der Waals surface area contributed by atoms with Gasteiger partial charge < -0.3 is 9.47 Å². The van der Waals surface area contributed by atoms with Gasteiger partial charge in [0.05, 0.1) is 19.8 Å². The maximum atomic E-state index is 5.76. The molecule has 206 valence electrons. The van der Waals surface area contributed by atoms with E-state index in [2.05, 4.69) is 6.07 Å². The summed E-state index contributed by atoms with van der Waals surface area (Å²) in [5.41, 5.74) is 5.91. The first-order valence-electron chi connectivity index (χ1n) is 13.6. The quantitative estimate of drug-likeness (QED) is 0.455. The van der Waals surface area contributed by atoms with Gasteiger partial charge in [0.25, 0.3) is 0 Å². The number of aliphatic imine (C=N–C) groups is 6. The Morgan fingerprint density at radius 3 is 1.93 bits per heavy atom. The van der Waals surface area contributed by atoms with Gasteiger partial charge in [-0.05, 0) is 81.0 Å². The highest BCUT2D eigenvalue weighted by molar-refractivity contribution is 8.14. The summed E-state index contributed by atoms with van der Waals surface area (Å²) in [6.45, 7) is 8.17. The molecule has 2 aromatic carbocycles. The molecule has 0 amide bonds. The van der Waals surface area contributed by atoms with Crippen molar-refractivity contribution in [3.8, 4) is 11.5 Å². The predicted octanol–water partition coefficient (Wildman–Crippen LogP) is 5.96. The Morgan fingerprint density at radius 1 is 0.675 bits per heavy atom. The number of thioether (sulfide) groups is 1. The van der Waals surface area contributed by atoms with Crippen LogP contribution in [0.15, 0.2) is 54.2 Å². The summed E-state index contributed by atoms with van der Waals surface area (Å²) in [7, 11) is 3.34. The van der Waals surface area contributed by atoms with Crippen LogP contribution in [0.2, 0.25) is 0 Å². The van der Waals surface area contributed by atoms with E-state index >= 15 is 0 Å². The van der Waals surface area contributed by atoms with Crippen LogP contribution in [0.1, 0.15) is 65.5 Å². The Hall–Kier alpha value is -3.79. The van der Waals surface area contributed by atoms with Crippen LogP contribution in [0.4, 0.5) is 0 Å². The average Bonchev–Trinajstić information content (AvgIpc) is 2.92. The molecule has 0 spiro atoms. The van der Waals surface area contributed by atoms with Gasteiger partial charge in [-0.3, -0.25) is 0 Å². The lowest BCUT2D eigenvalue weighted by atomic mass is 10.0. The number of hydrogen-bond acceptors (Lipinski definition) is 10. The smallest absolute Gasteiger partial charge is 0.244 e. The third-order valence-electron chi connectivity index (χ3n) is 7.49. The van der Waals surface area contributed by atoms with Gasteiger partial charge >= 0.3 is 0 Å². The van der Waals surface area contributed by atoms with Crippen LogP contribution in [-0.2, 0) is 0 Å². The van der Waals surface area contributed by atoms with Gasteiger partial charge in [0.15, 0.2) is 16.8 Å². The molecular formula is C30H33N7O2S. The Kier molecular flexibility index (Phi) is 7.04. The minimum absolute atomic E-state index is 0.436. The van der Waals surface area contributed by atoms with Crippen LogP contribution >= 0.6 is 11.8 Å². The van der Waals surface area contributed by atoms with E-state index in [4.69, 9.17) is 39.4 Å². The van der Waals surface area contributed by atoms with E-state index in [0.717, 1.165) is 39.1 Å². The fraction of sp³-hybridized carbons (Fsp3) is 0.400. The third kappa shape index (κ3) is 4.85. The first-order valence-corrected chi connectivity index (χ1v) is 14.5. The van der Waals surface area contributed by atoms with Gasteiger partial charge in [-0.25, -0.2) is 4.90 Å². The second-order valence-corrected chi connectivity index (χ2v) is 11.8. The van der Waals surface area contributed by atoms with E-state index in [-0.39, 0.29) is 0 Å². The molecule has 0 N–H and O–H groups in total. The molecule has 4 aliphatic rings. The van der Waals surface area contributed by atoms with Gasteiger partial charge in [-0.2, -0.15) is 30.0 Å². The number of guanidine groups is 3. The maximum Gasteiger partial charge on any atom is 0.244 e. The number of ether oxygens (including phenoxy) is 2. The molecule has 0 aromatic heterocycles. The van der Waals surface area contributed by atoms with E-state index in [1.807, 2.05) is 45.9 Å². The van der Waals surface area contributed by atoms with Crippen LogP contribution < -0.4 is 9.47 Å². The fourth-order valence-electron chi connectivity index (χ4n) is 5.65. The van der Waals surface area contributed by atoms with E-state index in [1.165, 1.54) is 32.1 Å². The summed E-state index contributed by atoms with van der Waals surface area (Å²) in [6.07, 6.45) is 6.12. The predicted molar refractivity (Wildman–Crippen MR) is 164 cm³/mol. The number of nitrogens with zero attached hydrogens (tertiary/aromatic N) is 7. The second kappa shape index (κ2) is 10.6. The summed E-state index contributed by atoms with van der Waals surface area (Å²) in [5.74, 6) is 3.97. The van der Waals surface area contributed by atoms with Crippen LogP contribution in [-0.4, -0.2) is 59.1 Å². The van der Waals surface area contributed by atoms with Crippen molar-refractivity contribution in [1.82, 2.24) is 4.90 Å². The Labute approximate surface area is 239 Å². The highest BCUT2D eigenvalue weighted by atomic mass is 32.2. The van der Waals surface area contributed by atoms with E-state index < -0.39 is 0 Å². The lowest BCUT2D eigenvalue weighted by Gasteiger charge is -2.31. The Morgan fingerprint density at radius 2 is 1.27 bits per heavy atom. The van der Waals surface area contributed by atoms with Crippen molar-refractivity contribution < 1.29 is 9.47 Å². The second-order valence-electron chi connectivity index (χ2n) is 10.5. The van der Waals surface area contributed by atoms with Crippen LogP contribution in [0, 0.1) is 27.7 Å². The molecule has 0 saturated heterocycles. The first-order chi connectivity index (χ1) is 19.3. The highest BCUT2D eigenvalue weighted by Gasteiger charge is 2.37. The standard InChI is InChI=1S/C30H33N7O2S/c1-16-12-17(2)24(22(13-16)39-6)26-33-27-31-25(23-18(3)14-20(38-5)15-19(23)4)32-28-35-30(36-29(34-26)37(27)28)40-21-10-8-7-9-11-21/h12-15,21H,7-11H2,1-6H3. The number of aryl methyl sites for hydroxylation is 4. The molecule has 1 aliphatic carbocycles. The monoisotopic (exact) mass is 555 g/mol. The molecule has 1 fully saturated rings. The van der Waals surface area contributed by atoms with Gasteiger partial charge in [0.1, 0.15) is 11.5 Å². The first kappa shape index (κ1) is 26.4. The molecule has 6 rings (SSSR count). The summed E-state index contributed by atoms with van der Waals surface area (Å²) >= 11 is 1.72. The minimum atomic E-state index is 0.436. The topological polar surface area (TPSA) is 95.9 Å². The van der Waals surface area contributed by atoms with Crippen molar-refractivity contribution in [2.75, 3.05) is 14.2 Å². The molecule has 3 heterocycles. The highest BCUT2D eigenvalue weighted by Crippen LogP contribution is 2.33. The van der Waals surface area contributed by atoms with E-state index in [0.29, 0.717) is 45.7 Å². The lowest BCUT2D eigenvalue weighted by molar-refractivity contribution is 0.413. The van der Waals surface area contributed by atoms with Crippen LogP contribution in [0.3, 0.4) is 0 Å². The zero-order valence-electron chi connectivity index (χ0n) is 23.8. The van der Waals surface area contributed by atoms with E-state index in [1.54, 1.807) is 30.9 Å². The largest absolute Gasteiger partial charge is 0.497 e. The molecule has 3 aliphatic heterocycles. The van der Waals surface area contributed by atoms with Gasteiger partial charge in [-0.15, -0.1) is 0 Å². The maximum absolute atomic E-state index is 5.76. The number of rotatable bonds is 5. The molecule has 1 saturated carbocycles. The van der Waals surface area contributed by atoms with Crippen LogP contribution in [0.25, 0.3) is 0 Å². The zero-order valence-corrected chi connectivity index (χ0v) is 24.6. The lowest BCUT2D eigenvalue weighted by Crippen LogP contribution is -2.48. The number of methoxy groups -OCH3 is 2. The molecule has 9 nitrogen and oxygen atoms in total. The number of benzene rings is 2. The van der Waals surface area contributed by atoms with Crippen molar-refractivity contribution in [2.45, 2.75) is 65.0 Å². The molecule has 0 bridgehead atoms. The molecule has 0 atom stereocenters. The fourth-order valence-corrected chi connectivity index (χ4v) is 6.78. The SMILES string of the molecule is COc1cc(C)c(C2=NC3=NC(c4c(C)cc(C)cc4OC)=NC4=NC(SC5CCCCC5)=NC(=N2)N43)c(C)c1. The Bertz CT molecular complexity index is 1560. The normalized spacial score (nSPS) is 18.6. The molecule has 10 heteroatoms. The Balaban J connectivity index is 1.51. The minimum Gasteiger partial charge on any atom is -0.497 e. The van der Waals surface area contributed by atoms with Gasteiger partial charge in [0, 0.05) is 10.8 Å². The summed E-state index contributed by atoms with van der Waals surface area (Å²) < 4.78 is 11.2. The molecular weight excluding hydrogens is 522 g/mol. The van der Waals surface area contributed by atoms with Gasteiger partial charge in [0.2, 0.25) is 17.9 Å². The van der Waals surface area contributed by atoms with Crippen molar-refractivity contribution in [3.05, 3.63) is 57.6 Å². The van der Waals surface area contributed by atoms with Gasteiger partial charge in [-0.1, -0.05) is 37.1 Å². The molecule has 2 aromatic rings. The molecule has 0 unspecified atom stereocenters.